The Morgan fingerprint density at radius 1 is 1.12 bits per heavy atom. The third kappa shape index (κ3) is 5.25. The first kappa shape index (κ1) is 23.7. The summed E-state index contributed by atoms with van der Waals surface area (Å²) in [6, 6.07) is 9.33. The molecular weight excluding hydrogens is 453 g/mol. The van der Waals surface area contributed by atoms with Gasteiger partial charge in [0.25, 0.3) is 5.69 Å². The Bertz CT molecular complexity index is 1110. The molecule has 1 saturated heterocycles. The smallest absolute Gasteiger partial charge is 0.416 e. The van der Waals surface area contributed by atoms with E-state index < -0.39 is 43.5 Å². The van der Waals surface area contributed by atoms with E-state index in [1.807, 2.05) is 0 Å². The van der Waals surface area contributed by atoms with Crippen LogP contribution < -0.4 is 0 Å². The van der Waals surface area contributed by atoms with Crippen molar-refractivity contribution in [3.63, 3.8) is 0 Å². The van der Waals surface area contributed by atoms with Crippen molar-refractivity contribution < 1.29 is 36.0 Å². The average Bonchev–Trinajstić information content (AvgIpc) is 2.77. The Labute approximate surface area is 181 Å². The number of carbonyl (C=O) groups is 1. The van der Waals surface area contributed by atoms with Gasteiger partial charge in [0.05, 0.1) is 26.9 Å². The normalized spacial score (nSPS) is 16.0. The van der Waals surface area contributed by atoms with Crippen LogP contribution in [0, 0.1) is 16.0 Å². The average molecular weight is 472 g/mol. The molecule has 0 atom stereocenters. The number of alkyl halides is 3. The monoisotopic (exact) mass is 472 g/mol. The number of sulfonamides is 1. The molecule has 172 valence electrons. The molecule has 0 aliphatic carbocycles. The Morgan fingerprint density at radius 2 is 1.78 bits per heavy atom. The molecule has 0 bridgehead atoms. The maximum atomic E-state index is 12.9. The summed E-state index contributed by atoms with van der Waals surface area (Å²) in [5, 5.41) is 11.0. The van der Waals surface area contributed by atoms with Crippen molar-refractivity contribution in [2.24, 2.45) is 5.92 Å². The summed E-state index contributed by atoms with van der Waals surface area (Å²) < 4.78 is 70.4. The summed E-state index contributed by atoms with van der Waals surface area (Å²) in [6.45, 7) is -0.424. The predicted molar refractivity (Wildman–Crippen MR) is 106 cm³/mol. The van der Waals surface area contributed by atoms with Crippen LogP contribution in [-0.2, 0) is 32.3 Å². The third-order valence-corrected chi connectivity index (χ3v) is 7.04. The molecule has 1 aliphatic heterocycles. The molecule has 2 aromatic rings. The fraction of sp³-hybridized carbons (Fsp3) is 0.350. The highest BCUT2D eigenvalue weighted by atomic mass is 32.2. The molecule has 0 spiro atoms. The third-order valence-electron chi connectivity index (χ3n) is 5.14. The largest absolute Gasteiger partial charge is 0.460 e. The molecule has 3 rings (SSSR count). The van der Waals surface area contributed by atoms with Crippen LogP contribution in [0.5, 0.6) is 0 Å². The molecule has 0 amide bonds. The van der Waals surface area contributed by atoms with Gasteiger partial charge >= 0.3 is 12.1 Å². The van der Waals surface area contributed by atoms with Crippen LogP contribution in [-0.4, -0.2) is 36.7 Å². The van der Waals surface area contributed by atoms with Crippen LogP contribution in [0.2, 0.25) is 0 Å². The number of carbonyl (C=O) groups excluding carboxylic acids is 1. The van der Waals surface area contributed by atoms with Crippen molar-refractivity contribution in [1.29, 1.82) is 0 Å². The number of para-hydroxylation sites is 1. The van der Waals surface area contributed by atoms with Gasteiger partial charge in [-0.3, -0.25) is 14.9 Å². The number of halogens is 3. The van der Waals surface area contributed by atoms with Crippen molar-refractivity contribution in [2.45, 2.75) is 30.5 Å². The van der Waals surface area contributed by atoms with E-state index in [9.17, 15) is 36.5 Å². The van der Waals surface area contributed by atoms with Crippen LogP contribution in [0.4, 0.5) is 18.9 Å². The highest BCUT2D eigenvalue weighted by Gasteiger charge is 2.35. The van der Waals surface area contributed by atoms with Crippen molar-refractivity contribution in [3.8, 4) is 0 Å². The molecule has 0 saturated carbocycles. The number of nitro benzene ring substituents is 1. The summed E-state index contributed by atoms with van der Waals surface area (Å²) in [4.78, 5) is 22.3. The van der Waals surface area contributed by atoms with Crippen molar-refractivity contribution in [2.75, 3.05) is 13.1 Å². The van der Waals surface area contributed by atoms with Gasteiger partial charge in [-0.05, 0) is 37.1 Å². The molecule has 1 heterocycles. The van der Waals surface area contributed by atoms with Crippen LogP contribution in [0.15, 0.2) is 53.4 Å². The zero-order valence-electron chi connectivity index (χ0n) is 16.6. The van der Waals surface area contributed by atoms with Gasteiger partial charge in [0.15, 0.2) is 0 Å². The number of benzene rings is 2. The van der Waals surface area contributed by atoms with Gasteiger partial charge in [0.2, 0.25) is 10.0 Å². The first-order valence-electron chi connectivity index (χ1n) is 9.56. The summed E-state index contributed by atoms with van der Waals surface area (Å²) in [5.74, 6) is -1.23. The molecule has 1 aliphatic rings. The number of piperidine rings is 1. The van der Waals surface area contributed by atoms with Gasteiger partial charge in [-0.2, -0.15) is 17.5 Å². The lowest BCUT2D eigenvalue weighted by Crippen LogP contribution is -2.40. The van der Waals surface area contributed by atoms with Crippen molar-refractivity contribution >= 4 is 21.7 Å². The second-order valence-corrected chi connectivity index (χ2v) is 9.14. The summed E-state index contributed by atoms with van der Waals surface area (Å²) in [6.07, 6.45) is -4.43. The van der Waals surface area contributed by atoms with Gasteiger partial charge in [-0.25, -0.2) is 8.42 Å². The zero-order chi connectivity index (χ0) is 23.5. The molecule has 0 aromatic heterocycles. The molecule has 0 N–H and O–H groups in total. The predicted octanol–water partition coefficient (Wildman–Crippen LogP) is 3.76. The summed E-state index contributed by atoms with van der Waals surface area (Å²) in [7, 11) is -4.16. The highest BCUT2D eigenvalue weighted by Crippen LogP contribution is 2.32. The molecule has 2 aromatic carbocycles. The zero-order valence-corrected chi connectivity index (χ0v) is 17.4. The van der Waals surface area contributed by atoms with Gasteiger partial charge in [-0.1, -0.05) is 18.2 Å². The second-order valence-electron chi connectivity index (χ2n) is 7.20. The molecule has 1 fully saturated rings. The van der Waals surface area contributed by atoms with E-state index in [1.54, 1.807) is 6.07 Å². The first-order chi connectivity index (χ1) is 15.0. The van der Waals surface area contributed by atoms with Gasteiger partial charge in [0.1, 0.15) is 6.61 Å². The van der Waals surface area contributed by atoms with Crippen LogP contribution in [0.1, 0.15) is 24.0 Å². The number of ether oxygens (including phenoxy) is 1. The standard InChI is InChI=1S/C20H19F3N2O6S/c21-20(22,23)16-5-3-6-17(12-16)32(29,30)24-10-8-14(9-11-24)19(26)31-13-15-4-1-2-7-18(15)25(27)28/h1-7,12,14H,8-11,13H2. The number of hydrogen-bond donors (Lipinski definition) is 0. The Morgan fingerprint density at radius 3 is 2.41 bits per heavy atom. The highest BCUT2D eigenvalue weighted by molar-refractivity contribution is 7.89. The quantitative estimate of drug-likeness (QED) is 0.360. The number of hydrogen-bond acceptors (Lipinski definition) is 6. The number of rotatable bonds is 6. The number of nitrogens with zero attached hydrogens (tertiary/aromatic N) is 2. The van der Waals surface area contributed by atoms with Crippen molar-refractivity contribution in [3.05, 3.63) is 69.8 Å². The number of esters is 1. The lowest BCUT2D eigenvalue weighted by molar-refractivity contribution is -0.385. The SMILES string of the molecule is O=C(OCc1ccccc1[N+](=O)[O-])C1CCN(S(=O)(=O)c2cccc(C(F)(F)F)c2)CC1. The van der Waals surface area contributed by atoms with Crippen LogP contribution in [0.25, 0.3) is 0 Å². The topological polar surface area (TPSA) is 107 Å². The number of nitro groups is 1. The maximum Gasteiger partial charge on any atom is 0.416 e. The molecule has 32 heavy (non-hydrogen) atoms. The van der Waals surface area contributed by atoms with E-state index in [4.69, 9.17) is 4.74 Å². The lowest BCUT2D eigenvalue weighted by atomic mass is 9.98. The molecular formula is C20H19F3N2O6S. The Balaban J connectivity index is 1.61. The van der Waals surface area contributed by atoms with E-state index in [2.05, 4.69) is 0 Å². The minimum absolute atomic E-state index is 0.0656. The molecule has 0 radical (unpaired) electrons. The lowest BCUT2D eigenvalue weighted by Gasteiger charge is -2.30. The van der Waals surface area contributed by atoms with Gasteiger partial charge in [0, 0.05) is 19.2 Å². The Kier molecular flexibility index (Phi) is 6.84. The van der Waals surface area contributed by atoms with Crippen LogP contribution in [0.3, 0.4) is 0 Å². The summed E-state index contributed by atoms with van der Waals surface area (Å²) in [5.41, 5.74) is -1.01. The summed E-state index contributed by atoms with van der Waals surface area (Å²) >= 11 is 0. The van der Waals surface area contributed by atoms with E-state index in [-0.39, 0.29) is 43.8 Å². The molecule has 12 heteroatoms. The molecule has 0 unspecified atom stereocenters. The Hall–Kier alpha value is -2.99. The van der Waals surface area contributed by atoms with E-state index in [0.29, 0.717) is 6.07 Å². The second kappa shape index (κ2) is 9.25. The van der Waals surface area contributed by atoms with Crippen molar-refractivity contribution in [1.82, 2.24) is 4.31 Å². The van der Waals surface area contributed by atoms with E-state index >= 15 is 0 Å². The van der Waals surface area contributed by atoms with Gasteiger partial charge < -0.3 is 4.74 Å². The fourth-order valence-corrected chi connectivity index (χ4v) is 4.91. The van der Waals surface area contributed by atoms with E-state index in [1.165, 1.54) is 18.2 Å². The van der Waals surface area contributed by atoms with Crippen LogP contribution >= 0.6 is 0 Å². The molecule has 8 nitrogen and oxygen atoms in total. The minimum Gasteiger partial charge on any atom is -0.460 e. The maximum absolute atomic E-state index is 12.9. The minimum atomic E-state index is -4.67. The van der Waals surface area contributed by atoms with Gasteiger partial charge in [-0.15, -0.1) is 0 Å². The first-order valence-corrected chi connectivity index (χ1v) is 11.0. The van der Waals surface area contributed by atoms with E-state index in [0.717, 1.165) is 22.5 Å². The fourth-order valence-electron chi connectivity index (χ4n) is 3.39.